The third kappa shape index (κ3) is 8.37. The van der Waals surface area contributed by atoms with Gasteiger partial charge in [0, 0.05) is 6.54 Å². The van der Waals surface area contributed by atoms with Crippen molar-refractivity contribution in [2.24, 2.45) is 0 Å². The standard InChI is InChI=1S/C16H25NS/c1-18-15-8-3-2-7-13-17-14-9-12-16-10-5-4-6-11-16/h4-6,9-12,17H,2-3,7-8,13-15H2,1H3/b12-9+. The summed E-state index contributed by atoms with van der Waals surface area (Å²) in [5.74, 6) is 1.31. The summed E-state index contributed by atoms with van der Waals surface area (Å²) in [7, 11) is 0. The van der Waals surface area contributed by atoms with Gasteiger partial charge in [-0.15, -0.1) is 0 Å². The Morgan fingerprint density at radius 1 is 1.06 bits per heavy atom. The summed E-state index contributed by atoms with van der Waals surface area (Å²) in [6, 6.07) is 10.4. The Hall–Kier alpha value is -0.730. The zero-order valence-electron chi connectivity index (χ0n) is 11.4. The van der Waals surface area contributed by atoms with Crippen molar-refractivity contribution in [1.29, 1.82) is 0 Å². The Bertz CT molecular complexity index is 308. The molecule has 2 heteroatoms. The van der Waals surface area contributed by atoms with E-state index in [1.54, 1.807) is 0 Å². The van der Waals surface area contributed by atoms with Crippen molar-refractivity contribution in [2.75, 3.05) is 25.1 Å². The molecule has 1 aromatic carbocycles. The van der Waals surface area contributed by atoms with Gasteiger partial charge in [0.25, 0.3) is 0 Å². The summed E-state index contributed by atoms with van der Waals surface area (Å²) in [5.41, 5.74) is 1.27. The van der Waals surface area contributed by atoms with E-state index in [9.17, 15) is 0 Å². The van der Waals surface area contributed by atoms with Gasteiger partial charge in [0.1, 0.15) is 0 Å². The minimum atomic E-state index is 0.972. The van der Waals surface area contributed by atoms with Crippen molar-refractivity contribution in [2.45, 2.75) is 25.7 Å². The van der Waals surface area contributed by atoms with Crippen molar-refractivity contribution in [3.63, 3.8) is 0 Å². The van der Waals surface area contributed by atoms with Gasteiger partial charge in [-0.2, -0.15) is 11.8 Å². The van der Waals surface area contributed by atoms with Crippen molar-refractivity contribution >= 4 is 17.8 Å². The van der Waals surface area contributed by atoms with Crippen LogP contribution in [0, 0.1) is 0 Å². The Labute approximate surface area is 116 Å². The number of unbranched alkanes of at least 4 members (excludes halogenated alkanes) is 3. The van der Waals surface area contributed by atoms with Crippen LogP contribution in [-0.4, -0.2) is 25.1 Å². The molecule has 1 aromatic rings. The third-order valence-electron chi connectivity index (χ3n) is 2.82. The monoisotopic (exact) mass is 263 g/mol. The maximum atomic E-state index is 3.45. The van der Waals surface area contributed by atoms with E-state index in [-0.39, 0.29) is 0 Å². The fourth-order valence-corrected chi connectivity index (χ4v) is 2.29. The molecule has 1 N–H and O–H groups in total. The predicted octanol–water partition coefficient (Wildman–Crippen LogP) is 4.21. The van der Waals surface area contributed by atoms with Crippen LogP contribution in [0.4, 0.5) is 0 Å². The summed E-state index contributed by atoms with van der Waals surface area (Å²) in [6.07, 6.45) is 12.0. The SMILES string of the molecule is CSCCCCCCNC/C=C/c1ccccc1. The molecule has 18 heavy (non-hydrogen) atoms. The van der Waals surface area contributed by atoms with Crippen LogP contribution in [0.1, 0.15) is 31.2 Å². The molecule has 0 bridgehead atoms. The molecule has 0 aliphatic heterocycles. The van der Waals surface area contributed by atoms with Crippen LogP contribution in [0.3, 0.4) is 0 Å². The molecule has 1 nitrogen and oxygen atoms in total. The second-order valence-electron chi connectivity index (χ2n) is 4.42. The molecular weight excluding hydrogens is 238 g/mol. The molecule has 0 atom stereocenters. The molecule has 0 aliphatic rings. The average molecular weight is 263 g/mol. The largest absolute Gasteiger partial charge is 0.313 e. The van der Waals surface area contributed by atoms with Crippen molar-refractivity contribution in [3.05, 3.63) is 42.0 Å². The van der Waals surface area contributed by atoms with Crippen LogP contribution in [0.15, 0.2) is 36.4 Å². The molecule has 100 valence electrons. The number of benzene rings is 1. The lowest BCUT2D eigenvalue weighted by Gasteiger charge is -2.01. The van der Waals surface area contributed by atoms with Gasteiger partial charge < -0.3 is 5.32 Å². The lowest BCUT2D eigenvalue weighted by atomic mass is 10.2. The fourth-order valence-electron chi connectivity index (χ4n) is 1.79. The number of hydrogen-bond donors (Lipinski definition) is 1. The van der Waals surface area contributed by atoms with E-state index in [0.29, 0.717) is 0 Å². The third-order valence-corrected chi connectivity index (χ3v) is 3.52. The van der Waals surface area contributed by atoms with Crippen LogP contribution in [-0.2, 0) is 0 Å². The molecule has 0 amide bonds. The van der Waals surface area contributed by atoms with Gasteiger partial charge in [0.2, 0.25) is 0 Å². The van der Waals surface area contributed by atoms with Gasteiger partial charge in [0.15, 0.2) is 0 Å². The predicted molar refractivity (Wildman–Crippen MR) is 85.2 cm³/mol. The van der Waals surface area contributed by atoms with Crippen molar-refractivity contribution in [1.82, 2.24) is 5.32 Å². The Balaban J connectivity index is 1.91. The molecule has 0 heterocycles. The second-order valence-corrected chi connectivity index (χ2v) is 5.41. The van der Waals surface area contributed by atoms with E-state index in [1.165, 1.54) is 37.0 Å². The van der Waals surface area contributed by atoms with Gasteiger partial charge in [-0.25, -0.2) is 0 Å². The second kappa shape index (κ2) is 11.4. The normalized spacial score (nSPS) is 11.2. The summed E-state index contributed by atoms with van der Waals surface area (Å²) in [6.45, 7) is 2.11. The van der Waals surface area contributed by atoms with Gasteiger partial charge in [-0.1, -0.05) is 55.3 Å². The lowest BCUT2D eigenvalue weighted by Crippen LogP contribution is -2.14. The Kier molecular flexibility index (Phi) is 9.68. The highest BCUT2D eigenvalue weighted by Crippen LogP contribution is 2.04. The molecule has 0 radical (unpaired) electrons. The van der Waals surface area contributed by atoms with Crippen molar-refractivity contribution < 1.29 is 0 Å². The summed E-state index contributed by atoms with van der Waals surface area (Å²) >= 11 is 1.95. The molecule has 0 fully saturated rings. The van der Waals surface area contributed by atoms with Gasteiger partial charge >= 0.3 is 0 Å². The minimum Gasteiger partial charge on any atom is -0.313 e. The van der Waals surface area contributed by atoms with E-state index < -0.39 is 0 Å². The zero-order chi connectivity index (χ0) is 12.9. The topological polar surface area (TPSA) is 12.0 Å². The van der Waals surface area contributed by atoms with Crippen LogP contribution >= 0.6 is 11.8 Å². The molecular formula is C16H25NS. The average Bonchev–Trinajstić information content (AvgIpc) is 2.42. The molecule has 0 unspecified atom stereocenters. The maximum Gasteiger partial charge on any atom is 0.0138 e. The number of rotatable bonds is 10. The highest BCUT2D eigenvalue weighted by Gasteiger charge is 1.89. The van der Waals surface area contributed by atoms with Crippen LogP contribution in [0.5, 0.6) is 0 Å². The lowest BCUT2D eigenvalue weighted by molar-refractivity contribution is 0.623. The number of hydrogen-bond acceptors (Lipinski definition) is 2. The van der Waals surface area contributed by atoms with E-state index in [1.807, 2.05) is 17.8 Å². The molecule has 0 saturated carbocycles. The summed E-state index contributed by atoms with van der Waals surface area (Å²) in [5, 5.41) is 3.45. The van der Waals surface area contributed by atoms with E-state index in [4.69, 9.17) is 0 Å². The number of nitrogens with one attached hydrogen (secondary N) is 1. The first kappa shape index (κ1) is 15.3. The first-order valence-electron chi connectivity index (χ1n) is 6.84. The van der Waals surface area contributed by atoms with Gasteiger partial charge in [-0.3, -0.25) is 0 Å². The summed E-state index contributed by atoms with van der Waals surface area (Å²) < 4.78 is 0. The molecule has 0 aromatic heterocycles. The zero-order valence-corrected chi connectivity index (χ0v) is 12.2. The molecule has 0 spiro atoms. The van der Waals surface area contributed by atoms with Crippen molar-refractivity contribution in [3.8, 4) is 0 Å². The molecule has 0 saturated heterocycles. The minimum absolute atomic E-state index is 0.972. The molecule has 0 aliphatic carbocycles. The highest BCUT2D eigenvalue weighted by molar-refractivity contribution is 7.98. The number of thioether (sulfide) groups is 1. The fraction of sp³-hybridized carbons (Fsp3) is 0.500. The summed E-state index contributed by atoms with van der Waals surface area (Å²) in [4.78, 5) is 0. The Morgan fingerprint density at radius 3 is 2.61 bits per heavy atom. The van der Waals surface area contributed by atoms with E-state index in [2.05, 4.69) is 48.0 Å². The smallest absolute Gasteiger partial charge is 0.0138 e. The van der Waals surface area contributed by atoms with Crippen LogP contribution in [0.25, 0.3) is 6.08 Å². The van der Waals surface area contributed by atoms with Gasteiger partial charge in [-0.05, 0) is 37.0 Å². The first-order valence-corrected chi connectivity index (χ1v) is 8.24. The van der Waals surface area contributed by atoms with Crippen LogP contribution < -0.4 is 5.32 Å². The van der Waals surface area contributed by atoms with Gasteiger partial charge in [0.05, 0.1) is 0 Å². The van der Waals surface area contributed by atoms with E-state index in [0.717, 1.165) is 13.1 Å². The quantitative estimate of drug-likeness (QED) is 0.635. The maximum absolute atomic E-state index is 3.45. The van der Waals surface area contributed by atoms with E-state index >= 15 is 0 Å². The molecule has 1 rings (SSSR count). The highest BCUT2D eigenvalue weighted by atomic mass is 32.2. The van der Waals surface area contributed by atoms with Crippen LogP contribution in [0.2, 0.25) is 0 Å². The first-order chi connectivity index (χ1) is 8.93. The Morgan fingerprint density at radius 2 is 1.83 bits per heavy atom.